The molecule has 2 rings (SSSR count). The zero-order valence-corrected chi connectivity index (χ0v) is 13.1. The number of hydrogen-bond acceptors (Lipinski definition) is 2. The second kappa shape index (κ2) is 6.56. The lowest BCUT2D eigenvalue weighted by atomic mass is 9.74. The molecule has 2 N–H and O–H groups in total. The smallest absolute Gasteiger partial charge is 0.311 e. The van der Waals surface area contributed by atoms with Crippen LogP contribution in [0.15, 0.2) is 22.7 Å². The fourth-order valence-electron chi connectivity index (χ4n) is 2.72. The SMILES string of the molecule is O=C(NCC1(C(=O)O)CCCCC1)c1cccc(F)c1Br. The van der Waals surface area contributed by atoms with Gasteiger partial charge in [0.25, 0.3) is 5.91 Å². The third-order valence-corrected chi connectivity index (χ3v) is 4.85. The topological polar surface area (TPSA) is 66.4 Å². The summed E-state index contributed by atoms with van der Waals surface area (Å²) in [6.07, 6.45) is 3.86. The van der Waals surface area contributed by atoms with E-state index in [9.17, 15) is 19.1 Å². The van der Waals surface area contributed by atoms with Crippen LogP contribution in [-0.2, 0) is 4.79 Å². The van der Waals surface area contributed by atoms with Crippen molar-refractivity contribution in [2.75, 3.05) is 6.54 Å². The molecule has 0 spiro atoms. The van der Waals surface area contributed by atoms with Gasteiger partial charge in [-0.05, 0) is 40.9 Å². The Hall–Kier alpha value is -1.43. The van der Waals surface area contributed by atoms with Crippen LogP contribution in [0.2, 0.25) is 0 Å². The molecule has 0 heterocycles. The molecule has 4 nitrogen and oxygen atoms in total. The summed E-state index contributed by atoms with van der Waals surface area (Å²) in [6, 6.07) is 4.19. The summed E-state index contributed by atoms with van der Waals surface area (Å²) in [6.45, 7) is 0.0735. The van der Waals surface area contributed by atoms with Gasteiger partial charge in [0.1, 0.15) is 5.82 Å². The van der Waals surface area contributed by atoms with Crippen LogP contribution in [0.3, 0.4) is 0 Å². The quantitative estimate of drug-likeness (QED) is 0.868. The maximum absolute atomic E-state index is 13.4. The highest BCUT2D eigenvalue weighted by molar-refractivity contribution is 9.10. The van der Waals surface area contributed by atoms with Crippen LogP contribution in [0.1, 0.15) is 42.5 Å². The average Bonchev–Trinajstić information content (AvgIpc) is 2.48. The van der Waals surface area contributed by atoms with Gasteiger partial charge in [0.05, 0.1) is 15.5 Å². The number of aliphatic carboxylic acids is 1. The minimum absolute atomic E-state index is 0.0735. The number of carbonyl (C=O) groups excluding carboxylic acids is 1. The fraction of sp³-hybridized carbons (Fsp3) is 0.467. The molecule has 114 valence electrons. The predicted octanol–water partition coefficient (Wildman–Crippen LogP) is 3.35. The molecule has 1 aromatic carbocycles. The van der Waals surface area contributed by atoms with Gasteiger partial charge in [0.2, 0.25) is 0 Å². The van der Waals surface area contributed by atoms with Crippen molar-refractivity contribution in [2.45, 2.75) is 32.1 Å². The zero-order chi connectivity index (χ0) is 15.5. The van der Waals surface area contributed by atoms with Gasteiger partial charge in [-0.15, -0.1) is 0 Å². The number of rotatable bonds is 4. The molecule has 0 unspecified atom stereocenters. The maximum Gasteiger partial charge on any atom is 0.311 e. The summed E-state index contributed by atoms with van der Waals surface area (Å²) in [7, 11) is 0. The number of carboxylic acids is 1. The largest absolute Gasteiger partial charge is 0.481 e. The summed E-state index contributed by atoms with van der Waals surface area (Å²) in [4.78, 5) is 23.7. The first-order valence-corrected chi connectivity index (χ1v) is 7.71. The minimum atomic E-state index is -0.895. The summed E-state index contributed by atoms with van der Waals surface area (Å²) >= 11 is 3.04. The molecule has 0 radical (unpaired) electrons. The lowest BCUT2D eigenvalue weighted by Gasteiger charge is -2.33. The van der Waals surface area contributed by atoms with E-state index in [2.05, 4.69) is 21.2 Å². The maximum atomic E-state index is 13.4. The summed E-state index contributed by atoms with van der Waals surface area (Å²) in [5, 5.41) is 12.1. The van der Waals surface area contributed by atoms with E-state index in [1.54, 1.807) is 0 Å². The minimum Gasteiger partial charge on any atom is -0.481 e. The van der Waals surface area contributed by atoms with Crippen LogP contribution in [0, 0.1) is 11.2 Å². The highest BCUT2D eigenvalue weighted by Crippen LogP contribution is 2.36. The molecule has 21 heavy (non-hydrogen) atoms. The number of carboxylic acid groups (broad SMARTS) is 1. The predicted molar refractivity (Wildman–Crippen MR) is 79.6 cm³/mol. The molecule has 0 bridgehead atoms. The fourth-order valence-corrected chi connectivity index (χ4v) is 3.16. The van der Waals surface area contributed by atoms with Gasteiger partial charge < -0.3 is 10.4 Å². The molecule has 0 saturated heterocycles. The van der Waals surface area contributed by atoms with Crippen LogP contribution >= 0.6 is 15.9 Å². The molecule has 1 saturated carbocycles. The molecule has 1 amide bonds. The highest BCUT2D eigenvalue weighted by Gasteiger charge is 2.39. The second-order valence-corrected chi connectivity index (χ2v) is 6.22. The molecular weight excluding hydrogens is 341 g/mol. The van der Waals surface area contributed by atoms with Gasteiger partial charge in [-0.2, -0.15) is 0 Å². The van der Waals surface area contributed by atoms with E-state index in [0.717, 1.165) is 19.3 Å². The van der Waals surface area contributed by atoms with Gasteiger partial charge >= 0.3 is 5.97 Å². The Morgan fingerprint density at radius 1 is 1.29 bits per heavy atom. The number of nitrogens with one attached hydrogen (secondary N) is 1. The van der Waals surface area contributed by atoms with Crippen LogP contribution in [0.4, 0.5) is 4.39 Å². The number of benzene rings is 1. The highest BCUT2D eigenvalue weighted by atomic mass is 79.9. The molecule has 0 aromatic heterocycles. The van der Waals surface area contributed by atoms with Crippen molar-refractivity contribution >= 4 is 27.8 Å². The van der Waals surface area contributed by atoms with Crippen molar-refractivity contribution in [3.63, 3.8) is 0 Å². The first-order chi connectivity index (χ1) is 9.96. The van der Waals surface area contributed by atoms with Crippen molar-refractivity contribution in [3.8, 4) is 0 Å². The van der Waals surface area contributed by atoms with E-state index >= 15 is 0 Å². The summed E-state index contributed by atoms with van der Waals surface area (Å²) < 4.78 is 13.5. The van der Waals surface area contributed by atoms with Crippen molar-refractivity contribution in [1.29, 1.82) is 0 Å². The number of hydrogen-bond donors (Lipinski definition) is 2. The molecular formula is C15H17BrFNO3. The number of carbonyl (C=O) groups is 2. The Morgan fingerprint density at radius 2 is 1.95 bits per heavy atom. The first-order valence-electron chi connectivity index (χ1n) is 6.92. The van der Waals surface area contributed by atoms with Crippen LogP contribution in [0.25, 0.3) is 0 Å². The van der Waals surface area contributed by atoms with Gasteiger partial charge in [-0.1, -0.05) is 25.3 Å². The standard InChI is InChI=1S/C15H17BrFNO3/c16-12-10(5-4-6-11(12)17)13(19)18-9-15(14(20)21)7-2-1-3-8-15/h4-6H,1-3,7-9H2,(H,18,19)(H,20,21). The Labute approximate surface area is 130 Å². The molecule has 6 heteroatoms. The van der Waals surface area contributed by atoms with Gasteiger partial charge in [-0.3, -0.25) is 9.59 Å². The number of amides is 1. The van der Waals surface area contributed by atoms with Gasteiger partial charge in [0, 0.05) is 6.54 Å². The monoisotopic (exact) mass is 357 g/mol. The second-order valence-electron chi connectivity index (χ2n) is 5.43. The van der Waals surface area contributed by atoms with E-state index < -0.39 is 23.1 Å². The molecule has 1 aliphatic rings. The zero-order valence-electron chi connectivity index (χ0n) is 11.5. The van der Waals surface area contributed by atoms with E-state index in [-0.39, 0.29) is 16.6 Å². The van der Waals surface area contributed by atoms with E-state index in [1.807, 2.05) is 0 Å². The molecule has 1 aromatic rings. The molecule has 1 fully saturated rings. The van der Waals surface area contributed by atoms with Gasteiger partial charge in [-0.25, -0.2) is 4.39 Å². The lowest BCUT2D eigenvalue weighted by Crippen LogP contribution is -2.44. The van der Waals surface area contributed by atoms with E-state index in [4.69, 9.17) is 0 Å². The van der Waals surface area contributed by atoms with Crippen LogP contribution in [-0.4, -0.2) is 23.5 Å². The first kappa shape index (κ1) is 15.9. The lowest BCUT2D eigenvalue weighted by molar-refractivity contribution is -0.150. The Morgan fingerprint density at radius 3 is 2.57 bits per heavy atom. The summed E-state index contributed by atoms with van der Waals surface area (Å²) in [5.41, 5.74) is -0.723. The van der Waals surface area contributed by atoms with Crippen molar-refractivity contribution in [2.24, 2.45) is 5.41 Å². The third-order valence-electron chi connectivity index (χ3n) is 4.05. The average molecular weight is 358 g/mol. The third kappa shape index (κ3) is 3.43. The number of halogens is 2. The van der Waals surface area contributed by atoms with Gasteiger partial charge in [0.15, 0.2) is 0 Å². The van der Waals surface area contributed by atoms with Crippen molar-refractivity contribution < 1.29 is 19.1 Å². The normalized spacial score (nSPS) is 17.2. The molecule has 0 atom stereocenters. The Balaban J connectivity index is 2.09. The molecule has 0 aliphatic heterocycles. The molecule has 1 aliphatic carbocycles. The Bertz CT molecular complexity index is 556. The Kier molecular flexibility index (Phi) is 4.98. The van der Waals surface area contributed by atoms with Crippen molar-refractivity contribution in [3.05, 3.63) is 34.1 Å². The van der Waals surface area contributed by atoms with E-state index in [1.165, 1.54) is 18.2 Å². The van der Waals surface area contributed by atoms with Crippen LogP contribution < -0.4 is 5.32 Å². The van der Waals surface area contributed by atoms with Crippen molar-refractivity contribution in [1.82, 2.24) is 5.32 Å². The van der Waals surface area contributed by atoms with Crippen LogP contribution in [0.5, 0.6) is 0 Å². The van der Waals surface area contributed by atoms with E-state index in [0.29, 0.717) is 12.8 Å². The summed E-state index contributed by atoms with van der Waals surface area (Å²) in [5.74, 6) is -1.86.